The van der Waals surface area contributed by atoms with Crippen molar-refractivity contribution in [1.29, 1.82) is 5.26 Å². The summed E-state index contributed by atoms with van der Waals surface area (Å²) in [4.78, 5) is 11.8. The lowest BCUT2D eigenvalue weighted by atomic mass is 10.2. The molecule has 21 heavy (non-hydrogen) atoms. The van der Waals surface area contributed by atoms with Crippen molar-refractivity contribution < 1.29 is 9.18 Å². The number of nitrogens with one attached hydrogen (secondary N) is 2. The molecule has 0 aliphatic rings. The molecule has 0 spiro atoms. The summed E-state index contributed by atoms with van der Waals surface area (Å²) in [5.74, 6) is -0.631. The topological polar surface area (TPSA) is 64.9 Å². The van der Waals surface area contributed by atoms with Crippen molar-refractivity contribution >= 4 is 17.3 Å². The maximum absolute atomic E-state index is 13.4. The molecule has 0 unspecified atom stereocenters. The Morgan fingerprint density at radius 3 is 2.76 bits per heavy atom. The molecular weight excluding hydrogens is 269 g/mol. The first-order chi connectivity index (χ1) is 10.1. The zero-order chi connectivity index (χ0) is 15.2. The van der Waals surface area contributed by atoms with E-state index in [1.54, 1.807) is 43.3 Å². The van der Waals surface area contributed by atoms with E-state index in [0.717, 1.165) is 0 Å². The molecule has 0 aromatic heterocycles. The monoisotopic (exact) mass is 283 g/mol. The highest BCUT2D eigenvalue weighted by molar-refractivity contribution is 5.94. The minimum Gasteiger partial charge on any atom is -0.376 e. The second-order valence-corrected chi connectivity index (χ2v) is 4.52. The molecule has 0 fully saturated rings. The Labute approximate surface area is 122 Å². The number of hydrogen-bond acceptors (Lipinski definition) is 3. The van der Waals surface area contributed by atoms with Gasteiger partial charge in [-0.25, -0.2) is 4.39 Å². The van der Waals surface area contributed by atoms with Crippen molar-refractivity contribution in [2.45, 2.75) is 6.92 Å². The van der Waals surface area contributed by atoms with Crippen molar-refractivity contribution in [3.8, 4) is 6.07 Å². The number of rotatable bonds is 4. The zero-order valence-corrected chi connectivity index (χ0v) is 11.5. The van der Waals surface area contributed by atoms with Crippen molar-refractivity contribution in [2.75, 3.05) is 17.2 Å². The summed E-state index contributed by atoms with van der Waals surface area (Å²) in [7, 11) is 0. The van der Waals surface area contributed by atoms with Gasteiger partial charge in [0.1, 0.15) is 11.9 Å². The van der Waals surface area contributed by atoms with Gasteiger partial charge in [-0.3, -0.25) is 4.79 Å². The number of para-hydroxylation sites is 1. The summed E-state index contributed by atoms with van der Waals surface area (Å²) in [5.41, 5.74) is 1.93. The number of benzene rings is 2. The number of nitrogens with zero attached hydrogens (tertiary/aromatic N) is 1. The zero-order valence-electron chi connectivity index (χ0n) is 11.5. The predicted molar refractivity (Wildman–Crippen MR) is 79.4 cm³/mol. The summed E-state index contributed by atoms with van der Waals surface area (Å²) in [5, 5.41) is 14.4. The number of amides is 1. The fourth-order valence-electron chi connectivity index (χ4n) is 1.77. The van der Waals surface area contributed by atoms with Crippen LogP contribution in [0.25, 0.3) is 0 Å². The molecule has 0 aliphatic carbocycles. The molecule has 0 saturated carbocycles. The molecule has 1 amide bonds. The number of aryl methyl sites for hydroxylation is 1. The van der Waals surface area contributed by atoms with Gasteiger partial charge in [0.2, 0.25) is 5.91 Å². The lowest BCUT2D eigenvalue weighted by molar-refractivity contribution is -0.114. The summed E-state index contributed by atoms with van der Waals surface area (Å²) in [6.45, 7) is 1.66. The number of hydrogen-bond donors (Lipinski definition) is 2. The molecule has 0 atom stereocenters. The Hall–Kier alpha value is -2.87. The normalized spacial score (nSPS) is 9.76. The average Bonchev–Trinajstić information content (AvgIpc) is 2.49. The Balaban J connectivity index is 1.96. The molecule has 0 saturated heterocycles. The van der Waals surface area contributed by atoms with E-state index in [1.165, 1.54) is 6.07 Å². The van der Waals surface area contributed by atoms with Crippen LogP contribution in [0.1, 0.15) is 11.1 Å². The minimum absolute atomic E-state index is 0.0116. The predicted octanol–water partition coefficient (Wildman–Crippen LogP) is 3.06. The van der Waals surface area contributed by atoms with Crippen molar-refractivity contribution in [3.63, 3.8) is 0 Å². The van der Waals surface area contributed by atoms with Gasteiger partial charge in [0.15, 0.2) is 0 Å². The molecule has 4 nitrogen and oxygen atoms in total. The molecular formula is C16H14FN3O. The van der Waals surface area contributed by atoms with E-state index in [1.807, 2.05) is 6.07 Å². The maximum Gasteiger partial charge on any atom is 0.243 e. The van der Waals surface area contributed by atoms with E-state index in [9.17, 15) is 9.18 Å². The fourth-order valence-corrected chi connectivity index (χ4v) is 1.77. The Morgan fingerprint density at radius 1 is 1.29 bits per heavy atom. The lowest BCUT2D eigenvalue weighted by Gasteiger charge is -2.09. The van der Waals surface area contributed by atoms with Gasteiger partial charge in [0.25, 0.3) is 0 Å². The second-order valence-electron chi connectivity index (χ2n) is 4.52. The van der Waals surface area contributed by atoms with Crippen LogP contribution in [0.15, 0.2) is 42.5 Å². The van der Waals surface area contributed by atoms with Crippen LogP contribution in [0.3, 0.4) is 0 Å². The molecule has 2 rings (SSSR count). The average molecular weight is 283 g/mol. The van der Waals surface area contributed by atoms with Gasteiger partial charge >= 0.3 is 0 Å². The molecule has 0 radical (unpaired) electrons. The molecule has 106 valence electrons. The molecule has 0 heterocycles. The molecule has 5 heteroatoms. The van der Waals surface area contributed by atoms with Crippen LogP contribution in [0, 0.1) is 24.1 Å². The van der Waals surface area contributed by atoms with E-state index in [2.05, 4.69) is 10.6 Å². The standard InChI is InChI=1S/C16H14FN3O/c1-11-6-7-13(8-14(11)17)19-10-16(21)20-15-5-3-2-4-12(15)9-18/h2-8,19H,10H2,1H3,(H,20,21). The maximum atomic E-state index is 13.4. The number of halogens is 1. The lowest BCUT2D eigenvalue weighted by Crippen LogP contribution is -2.22. The largest absolute Gasteiger partial charge is 0.376 e. The highest BCUT2D eigenvalue weighted by Crippen LogP contribution is 2.15. The smallest absolute Gasteiger partial charge is 0.243 e. The van der Waals surface area contributed by atoms with E-state index < -0.39 is 0 Å². The van der Waals surface area contributed by atoms with Crippen molar-refractivity contribution in [3.05, 3.63) is 59.4 Å². The van der Waals surface area contributed by atoms with Gasteiger partial charge in [-0.15, -0.1) is 0 Å². The summed E-state index contributed by atoms with van der Waals surface area (Å²) < 4.78 is 13.4. The first-order valence-electron chi connectivity index (χ1n) is 6.39. The number of anilines is 2. The van der Waals surface area contributed by atoms with Crippen LogP contribution < -0.4 is 10.6 Å². The first kappa shape index (κ1) is 14.5. The van der Waals surface area contributed by atoms with Gasteiger partial charge in [0.05, 0.1) is 17.8 Å². The van der Waals surface area contributed by atoms with E-state index in [-0.39, 0.29) is 18.3 Å². The molecule has 0 bridgehead atoms. The molecule has 2 aromatic rings. The summed E-state index contributed by atoms with van der Waals surface area (Å²) >= 11 is 0. The number of nitriles is 1. The van der Waals surface area contributed by atoms with Crippen LogP contribution in [-0.4, -0.2) is 12.5 Å². The van der Waals surface area contributed by atoms with E-state index >= 15 is 0 Å². The van der Waals surface area contributed by atoms with E-state index in [0.29, 0.717) is 22.5 Å². The van der Waals surface area contributed by atoms with Crippen molar-refractivity contribution in [2.24, 2.45) is 0 Å². The molecule has 0 aliphatic heterocycles. The molecule has 2 N–H and O–H groups in total. The Bertz CT molecular complexity index is 707. The fraction of sp³-hybridized carbons (Fsp3) is 0.125. The van der Waals surface area contributed by atoms with Crippen LogP contribution >= 0.6 is 0 Å². The quantitative estimate of drug-likeness (QED) is 0.906. The van der Waals surface area contributed by atoms with Gasteiger partial charge in [-0.1, -0.05) is 18.2 Å². The van der Waals surface area contributed by atoms with E-state index in [4.69, 9.17) is 5.26 Å². The summed E-state index contributed by atoms with van der Waals surface area (Å²) in [6.07, 6.45) is 0. The second kappa shape index (κ2) is 6.53. The van der Waals surface area contributed by atoms with Crippen LogP contribution in [-0.2, 0) is 4.79 Å². The Kier molecular flexibility index (Phi) is 4.52. The van der Waals surface area contributed by atoms with Crippen LogP contribution in [0.2, 0.25) is 0 Å². The third kappa shape index (κ3) is 3.80. The summed E-state index contributed by atoms with van der Waals surface area (Å²) in [6, 6.07) is 13.4. The van der Waals surface area contributed by atoms with Crippen LogP contribution in [0.4, 0.5) is 15.8 Å². The molecule has 2 aromatic carbocycles. The highest BCUT2D eigenvalue weighted by Gasteiger charge is 2.06. The van der Waals surface area contributed by atoms with Gasteiger partial charge in [0, 0.05) is 5.69 Å². The van der Waals surface area contributed by atoms with Gasteiger partial charge in [-0.2, -0.15) is 5.26 Å². The number of carbonyl (C=O) groups excluding carboxylic acids is 1. The van der Waals surface area contributed by atoms with Crippen molar-refractivity contribution in [1.82, 2.24) is 0 Å². The SMILES string of the molecule is Cc1ccc(NCC(=O)Nc2ccccc2C#N)cc1F. The Morgan fingerprint density at radius 2 is 2.05 bits per heavy atom. The third-order valence-corrected chi connectivity index (χ3v) is 2.95. The van der Waals surface area contributed by atoms with Crippen LogP contribution in [0.5, 0.6) is 0 Å². The first-order valence-corrected chi connectivity index (χ1v) is 6.39. The number of carbonyl (C=O) groups is 1. The van der Waals surface area contributed by atoms with Gasteiger partial charge in [-0.05, 0) is 36.8 Å². The third-order valence-electron chi connectivity index (χ3n) is 2.95. The van der Waals surface area contributed by atoms with Gasteiger partial charge < -0.3 is 10.6 Å². The minimum atomic E-state index is -0.324. The highest BCUT2D eigenvalue weighted by atomic mass is 19.1.